The standard InChI is InChI=1S/C13H23N3S/c1-9(2)8-16-12(14-15-13(16)17)11-6-4-10(3)5-7-11/h9-11H,4-8H2,1-3H3,(H,15,17). The molecule has 0 spiro atoms. The molecule has 0 unspecified atom stereocenters. The summed E-state index contributed by atoms with van der Waals surface area (Å²) >= 11 is 5.33. The zero-order chi connectivity index (χ0) is 12.4. The number of hydrogen-bond acceptors (Lipinski definition) is 2. The number of nitrogens with zero attached hydrogens (tertiary/aromatic N) is 2. The predicted molar refractivity (Wildman–Crippen MR) is 72.6 cm³/mol. The number of rotatable bonds is 3. The van der Waals surface area contributed by atoms with E-state index in [1.807, 2.05) is 0 Å². The van der Waals surface area contributed by atoms with Gasteiger partial charge in [-0.15, -0.1) is 0 Å². The van der Waals surface area contributed by atoms with Gasteiger partial charge in [0.1, 0.15) is 5.82 Å². The van der Waals surface area contributed by atoms with Crippen LogP contribution in [-0.4, -0.2) is 14.8 Å². The first kappa shape index (κ1) is 12.8. The lowest BCUT2D eigenvalue weighted by atomic mass is 9.82. The number of H-pyrrole nitrogens is 1. The first-order valence-electron chi connectivity index (χ1n) is 6.73. The Morgan fingerprint density at radius 2 is 2.00 bits per heavy atom. The van der Waals surface area contributed by atoms with Crippen LogP contribution in [0.5, 0.6) is 0 Å². The third-order valence-electron chi connectivity index (χ3n) is 3.72. The summed E-state index contributed by atoms with van der Waals surface area (Å²) in [5.74, 6) is 3.29. The maximum absolute atomic E-state index is 5.33. The molecule has 0 aliphatic heterocycles. The Morgan fingerprint density at radius 1 is 1.35 bits per heavy atom. The summed E-state index contributed by atoms with van der Waals surface area (Å²) in [4.78, 5) is 0. The van der Waals surface area contributed by atoms with Crippen molar-refractivity contribution in [1.29, 1.82) is 0 Å². The molecule has 0 aromatic carbocycles. The Hall–Kier alpha value is -0.640. The van der Waals surface area contributed by atoms with Gasteiger partial charge in [0.05, 0.1) is 0 Å². The van der Waals surface area contributed by atoms with Crippen molar-refractivity contribution >= 4 is 12.2 Å². The van der Waals surface area contributed by atoms with Crippen LogP contribution < -0.4 is 0 Å². The molecule has 96 valence electrons. The summed E-state index contributed by atoms with van der Waals surface area (Å²) in [7, 11) is 0. The van der Waals surface area contributed by atoms with Gasteiger partial charge in [-0.2, -0.15) is 5.10 Å². The van der Waals surface area contributed by atoms with E-state index in [4.69, 9.17) is 12.2 Å². The van der Waals surface area contributed by atoms with Crippen LogP contribution in [0.25, 0.3) is 0 Å². The van der Waals surface area contributed by atoms with Crippen molar-refractivity contribution in [2.75, 3.05) is 0 Å². The SMILES string of the molecule is CC(C)Cn1c(C2CCC(C)CC2)n[nH]c1=S. The van der Waals surface area contributed by atoms with Crippen molar-refractivity contribution in [2.24, 2.45) is 11.8 Å². The average Bonchev–Trinajstić information content (AvgIpc) is 2.61. The van der Waals surface area contributed by atoms with Crippen LogP contribution in [0.1, 0.15) is 58.2 Å². The van der Waals surface area contributed by atoms with Crippen LogP contribution in [0, 0.1) is 16.6 Å². The van der Waals surface area contributed by atoms with Crippen LogP contribution >= 0.6 is 12.2 Å². The molecule has 17 heavy (non-hydrogen) atoms. The van der Waals surface area contributed by atoms with Crippen molar-refractivity contribution in [3.63, 3.8) is 0 Å². The molecule has 0 saturated heterocycles. The highest BCUT2D eigenvalue weighted by Crippen LogP contribution is 2.34. The minimum atomic E-state index is 0.609. The third-order valence-corrected chi connectivity index (χ3v) is 4.03. The van der Waals surface area contributed by atoms with Gasteiger partial charge in [-0.1, -0.05) is 33.6 Å². The fourth-order valence-corrected chi connectivity index (χ4v) is 2.92. The molecule has 0 amide bonds. The van der Waals surface area contributed by atoms with Crippen LogP contribution in [0.2, 0.25) is 0 Å². The Labute approximate surface area is 109 Å². The molecule has 1 aliphatic rings. The molecule has 1 aromatic heterocycles. The van der Waals surface area contributed by atoms with Gasteiger partial charge in [-0.25, -0.2) is 0 Å². The number of aromatic amines is 1. The molecule has 4 heteroatoms. The average molecular weight is 253 g/mol. The quantitative estimate of drug-likeness (QED) is 0.829. The summed E-state index contributed by atoms with van der Waals surface area (Å²) in [5.41, 5.74) is 0. The van der Waals surface area contributed by atoms with Crippen LogP contribution in [0.15, 0.2) is 0 Å². The fraction of sp³-hybridized carbons (Fsp3) is 0.846. The van der Waals surface area contributed by atoms with Gasteiger partial charge in [0, 0.05) is 12.5 Å². The highest BCUT2D eigenvalue weighted by atomic mass is 32.1. The summed E-state index contributed by atoms with van der Waals surface area (Å²) in [6.45, 7) is 7.78. The predicted octanol–water partition coefficient (Wildman–Crippen LogP) is 3.89. The van der Waals surface area contributed by atoms with E-state index in [1.54, 1.807) is 0 Å². The van der Waals surface area contributed by atoms with Crippen LogP contribution in [0.3, 0.4) is 0 Å². The molecule has 0 atom stereocenters. The van der Waals surface area contributed by atoms with E-state index >= 15 is 0 Å². The van der Waals surface area contributed by atoms with E-state index < -0.39 is 0 Å². The number of hydrogen-bond donors (Lipinski definition) is 1. The maximum Gasteiger partial charge on any atom is 0.195 e. The molecule has 1 aliphatic carbocycles. The largest absolute Gasteiger partial charge is 0.304 e. The van der Waals surface area contributed by atoms with Crippen molar-refractivity contribution in [3.05, 3.63) is 10.6 Å². The van der Waals surface area contributed by atoms with Gasteiger partial charge in [-0.3, -0.25) is 5.10 Å². The lowest BCUT2D eigenvalue weighted by Gasteiger charge is -2.26. The van der Waals surface area contributed by atoms with Crippen LogP contribution in [-0.2, 0) is 6.54 Å². The molecule has 1 aromatic rings. The van der Waals surface area contributed by atoms with Gasteiger partial charge in [0.2, 0.25) is 0 Å². The second-order valence-corrected chi connectivity index (χ2v) is 6.23. The van der Waals surface area contributed by atoms with Gasteiger partial charge >= 0.3 is 0 Å². The first-order chi connectivity index (χ1) is 8.08. The summed E-state index contributed by atoms with van der Waals surface area (Å²) in [6, 6.07) is 0. The maximum atomic E-state index is 5.33. The van der Waals surface area contributed by atoms with Crippen molar-refractivity contribution in [1.82, 2.24) is 14.8 Å². The third kappa shape index (κ3) is 2.97. The van der Waals surface area contributed by atoms with E-state index in [9.17, 15) is 0 Å². The molecular weight excluding hydrogens is 230 g/mol. The second-order valence-electron chi connectivity index (χ2n) is 5.85. The van der Waals surface area contributed by atoms with Crippen molar-refractivity contribution in [2.45, 2.75) is 58.9 Å². The normalized spacial score (nSPS) is 25.4. The molecule has 2 rings (SSSR count). The number of nitrogens with one attached hydrogen (secondary N) is 1. The van der Waals surface area contributed by atoms with Crippen LogP contribution in [0.4, 0.5) is 0 Å². The molecule has 1 saturated carbocycles. The smallest absolute Gasteiger partial charge is 0.195 e. The Balaban J connectivity index is 2.17. The fourth-order valence-electron chi connectivity index (χ4n) is 2.70. The summed E-state index contributed by atoms with van der Waals surface area (Å²) in [5, 5.41) is 7.43. The summed E-state index contributed by atoms with van der Waals surface area (Å²) in [6.07, 6.45) is 5.18. The molecular formula is C13H23N3S. The lowest BCUT2D eigenvalue weighted by molar-refractivity contribution is 0.329. The Kier molecular flexibility index (Phi) is 4.02. The zero-order valence-electron chi connectivity index (χ0n) is 11.1. The minimum absolute atomic E-state index is 0.609. The van der Waals surface area contributed by atoms with E-state index in [2.05, 4.69) is 35.5 Å². The van der Waals surface area contributed by atoms with Crippen molar-refractivity contribution in [3.8, 4) is 0 Å². The van der Waals surface area contributed by atoms with E-state index in [1.165, 1.54) is 31.5 Å². The first-order valence-corrected chi connectivity index (χ1v) is 7.13. The number of aromatic nitrogens is 3. The highest BCUT2D eigenvalue weighted by Gasteiger charge is 2.24. The molecule has 0 bridgehead atoms. The molecule has 3 nitrogen and oxygen atoms in total. The molecule has 1 heterocycles. The van der Waals surface area contributed by atoms with E-state index in [0.29, 0.717) is 11.8 Å². The van der Waals surface area contributed by atoms with E-state index in [0.717, 1.165) is 17.2 Å². The van der Waals surface area contributed by atoms with Crippen molar-refractivity contribution < 1.29 is 0 Å². The zero-order valence-corrected chi connectivity index (χ0v) is 11.9. The van der Waals surface area contributed by atoms with E-state index in [-0.39, 0.29) is 0 Å². The topological polar surface area (TPSA) is 33.6 Å². The monoisotopic (exact) mass is 253 g/mol. The van der Waals surface area contributed by atoms with Gasteiger partial charge < -0.3 is 4.57 Å². The Bertz CT molecular complexity index is 411. The second kappa shape index (κ2) is 5.34. The molecule has 1 fully saturated rings. The minimum Gasteiger partial charge on any atom is -0.304 e. The Morgan fingerprint density at radius 3 is 2.59 bits per heavy atom. The molecule has 0 radical (unpaired) electrons. The van der Waals surface area contributed by atoms with Gasteiger partial charge in [0.25, 0.3) is 0 Å². The van der Waals surface area contributed by atoms with Gasteiger partial charge in [-0.05, 0) is 36.9 Å². The lowest BCUT2D eigenvalue weighted by Crippen LogP contribution is -2.17. The molecule has 1 N–H and O–H groups in total. The van der Waals surface area contributed by atoms with Gasteiger partial charge in [0.15, 0.2) is 4.77 Å². The highest BCUT2D eigenvalue weighted by molar-refractivity contribution is 7.71. The summed E-state index contributed by atoms with van der Waals surface area (Å²) < 4.78 is 2.99.